The third-order valence-corrected chi connectivity index (χ3v) is 5.69. The van der Waals surface area contributed by atoms with Gasteiger partial charge in [0.2, 0.25) is 5.91 Å². The quantitative estimate of drug-likeness (QED) is 0.518. The van der Waals surface area contributed by atoms with Crippen LogP contribution in [0, 0.1) is 16.7 Å². The number of halogens is 1. The largest absolute Gasteiger partial charge is 0.465 e. The second-order valence-electron chi connectivity index (χ2n) is 7.54. The summed E-state index contributed by atoms with van der Waals surface area (Å²) in [6, 6.07) is 4.64. The van der Waals surface area contributed by atoms with Gasteiger partial charge in [-0.3, -0.25) is 9.69 Å². The number of nitrogens with one attached hydrogen (secondary N) is 1. The average Bonchev–Trinajstić information content (AvgIpc) is 3.52. The number of nitriles is 1. The first kappa shape index (κ1) is 22.1. The molecule has 1 aliphatic carbocycles. The van der Waals surface area contributed by atoms with E-state index in [0.29, 0.717) is 24.1 Å². The predicted molar refractivity (Wildman–Crippen MR) is 116 cm³/mol. The van der Waals surface area contributed by atoms with Gasteiger partial charge in [-0.2, -0.15) is 5.26 Å². The van der Waals surface area contributed by atoms with Crippen LogP contribution < -0.4 is 10.2 Å². The third kappa shape index (κ3) is 4.06. The van der Waals surface area contributed by atoms with Crippen LogP contribution in [0.5, 0.6) is 0 Å². The summed E-state index contributed by atoms with van der Waals surface area (Å²) in [7, 11) is 1.55. The zero-order valence-corrected chi connectivity index (χ0v) is 18.4. The van der Waals surface area contributed by atoms with Crippen molar-refractivity contribution < 1.29 is 14.7 Å². The van der Waals surface area contributed by atoms with Gasteiger partial charge in [0.05, 0.1) is 30.2 Å². The van der Waals surface area contributed by atoms with Gasteiger partial charge in [-0.15, -0.1) is 5.10 Å². The molecule has 1 atom stereocenters. The Morgan fingerprint density at radius 1 is 1.33 bits per heavy atom. The van der Waals surface area contributed by atoms with E-state index in [1.807, 2.05) is 6.07 Å². The first-order chi connectivity index (χ1) is 15.8. The van der Waals surface area contributed by atoms with Crippen molar-refractivity contribution in [3.63, 3.8) is 0 Å². The van der Waals surface area contributed by atoms with Crippen LogP contribution in [0.3, 0.4) is 0 Å². The molecule has 0 aromatic carbocycles. The molecule has 3 aromatic heterocycles. The van der Waals surface area contributed by atoms with Gasteiger partial charge in [0.15, 0.2) is 17.3 Å². The van der Waals surface area contributed by atoms with Crippen LogP contribution >= 0.6 is 11.6 Å². The molecule has 0 unspecified atom stereocenters. The standard InChI is InChI=1S/C20H18ClN9O3/c1-11(13-4-3-7-23-15(13)21)30(19(32)33)17-14(27-28-29(17)2)16-24-8-12(9-25-16)26-18(31)20(10-22)5-6-20/h3-4,7-9,11H,5-6H2,1-2H3,(H,26,31)(H,32,33)/t11-/m1/s1. The van der Waals surface area contributed by atoms with Crippen molar-refractivity contribution in [3.05, 3.63) is 41.4 Å². The summed E-state index contributed by atoms with van der Waals surface area (Å²) < 4.78 is 1.30. The van der Waals surface area contributed by atoms with E-state index in [2.05, 4.69) is 30.6 Å². The fourth-order valence-electron chi connectivity index (χ4n) is 3.34. The molecule has 168 valence electrons. The van der Waals surface area contributed by atoms with Crippen LogP contribution in [0.4, 0.5) is 16.3 Å². The number of aromatic nitrogens is 6. The third-order valence-electron chi connectivity index (χ3n) is 5.38. The lowest BCUT2D eigenvalue weighted by atomic mass is 10.1. The maximum absolute atomic E-state index is 12.2. The van der Waals surface area contributed by atoms with Crippen LogP contribution in [-0.2, 0) is 11.8 Å². The van der Waals surface area contributed by atoms with Crippen LogP contribution in [0.25, 0.3) is 11.5 Å². The summed E-state index contributed by atoms with van der Waals surface area (Å²) in [4.78, 5) is 38.0. The highest BCUT2D eigenvalue weighted by Crippen LogP contribution is 2.45. The average molecular weight is 468 g/mol. The predicted octanol–water partition coefficient (Wildman–Crippen LogP) is 2.81. The molecular weight excluding hydrogens is 450 g/mol. The van der Waals surface area contributed by atoms with Crippen LogP contribution in [0.2, 0.25) is 5.15 Å². The van der Waals surface area contributed by atoms with Crippen molar-refractivity contribution in [2.45, 2.75) is 25.8 Å². The highest BCUT2D eigenvalue weighted by atomic mass is 35.5. The first-order valence-corrected chi connectivity index (χ1v) is 10.2. The monoisotopic (exact) mass is 467 g/mol. The van der Waals surface area contributed by atoms with Gasteiger partial charge in [-0.25, -0.2) is 24.4 Å². The lowest BCUT2D eigenvalue weighted by molar-refractivity contribution is -0.119. The van der Waals surface area contributed by atoms with Gasteiger partial charge < -0.3 is 10.4 Å². The second kappa shape index (κ2) is 8.44. The van der Waals surface area contributed by atoms with E-state index in [4.69, 9.17) is 16.9 Å². The number of amides is 2. The Balaban J connectivity index is 1.65. The van der Waals surface area contributed by atoms with Crippen LogP contribution in [-0.4, -0.2) is 47.1 Å². The molecule has 0 bridgehead atoms. The smallest absolute Gasteiger partial charge is 0.413 e. The molecule has 3 heterocycles. The van der Waals surface area contributed by atoms with Crippen molar-refractivity contribution in [1.82, 2.24) is 29.9 Å². The van der Waals surface area contributed by atoms with E-state index in [9.17, 15) is 14.7 Å². The highest BCUT2D eigenvalue weighted by Gasteiger charge is 2.50. The Morgan fingerprint density at radius 3 is 2.61 bits per heavy atom. The minimum absolute atomic E-state index is 0.105. The molecule has 33 heavy (non-hydrogen) atoms. The fourth-order valence-corrected chi connectivity index (χ4v) is 3.61. The number of anilines is 2. The van der Waals surface area contributed by atoms with E-state index < -0.39 is 23.5 Å². The molecule has 0 aliphatic heterocycles. The number of nitrogens with zero attached hydrogens (tertiary/aromatic N) is 8. The van der Waals surface area contributed by atoms with Gasteiger partial charge in [0.25, 0.3) is 0 Å². The molecular formula is C20H18ClN9O3. The summed E-state index contributed by atoms with van der Waals surface area (Å²) in [5.74, 6) is -0.165. The Kier molecular flexibility index (Phi) is 5.65. The topological polar surface area (TPSA) is 163 Å². The normalized spacial score (nSPS) is 14.7. The summed E-state index contributed by atoms with van der Waals surface area (Å²) in [6.45, 7) is 1.66. The molecule has 0 saturated heterocycles. The zero-order valence-electron chi connectivity index (χ0n) is 17.6. The number of carbonyl (C=O) groups excluding carboxylic acids is 1. The molecule has 0 spiro atoms. The van der Waals surface area contributed by atoms with Crippen molar-refractivity contribution >= 4 is 35.1 Å². The zero-order chi connectivity index (χ0) is 23.8. The van der Waals surface area contributed by atoms with E-state index in [1.165, 1.54) is 23.3 Å². The molecule has 0 radical (unpaired) electrons. The number of rotatable bonds is 6. The molecule has 1 saturated carbocycles. The van der Waals surface area contributed by atoms with Crippen molar-refractivity contribution in [2.24, 2.45) is 12.5 Å². The van der Waals surface area contributed by atoms with Gasteiger partial charge in [0, 0.05) is 18.8 Å². The van der Waals surface area contributed by atoms with Crippen molar-refractivity contribution in [1.29, 1.82) is 5.26 Å². The SMILES string of the molecule is C[C@H](c1cccnc1Cl)N(C(=O)O)c1c(-c2ncc(NC(=O)C3(C#N)CC3)cn2)nnn1C. The van der Waals surface area contributed by atoms with Crippen molar-refractivity contribution in [3.8, 4) is 17.6 Å². The number of aryl methyl sites for hydroxylation is 1. The number of hydrogen-bond acceptors (Lipinski definition) is 8. The van der Waals surface area contributed by atoms with Crippen molar-refractivity contribution in [2.75, 3.05) is 10.2 Å². The van der Waals surface area contributed by atoms with E-state index in [0.717, 1.165) is 4.90 Å². The summed E-state index contributed by atoms with van der Waals surface area (Å²) >= 11 is 6.18. The molecule has 2 amide bonds. The summed E-state index contributed by atoms with van der Waals surface area (Å²) in [6.07, 6.45) is 4.00. The molecule has 13 heteroatoms. The minimum atomic E-state index is -1.26. The summed E-state index contributed by atoms with van der Waals surface area (Å²) in [5, 5.41) is 29.9. The first-order valence-electron chi connectivity index (χ1n) is 9.85. The molecule has 1 fully saturated rings. The maximum atomic E-state index is 12.2. The van der Waals surface area contributed by atoms with Crippen LogP contribution in [0.15, 0.2) is 30.7 Å². The lowest BCUT2D eigenvalue weighted by Gasteiger charge is -2.27. The Morgan fingerprint density at radius 2 is 2.03 bits per heavy atom. The maximum Gasteiger partial charge on any atom is 0.413 e. The summed E-state index contributed by atoms with van der Waals surface area (Å²) in [5.41, 5.74) is -0.0524. The minimum Gasteiger partial charge on any atom is -0.465 e. The number of carboxylic acid groups (broad SMARTS) is 1. The fraction of sp³-hybridized carbons (Fsp3) is 0.300. The second-order valence-corrected chi connectivity index (χ2v) is 7.90. The Bertz CT molecular complexity index is 1260. The van der Waals surface area contributed by atoms with Gasteiger partial charge in [0.1, 0.15) is 10.6 Å². The van der Waals surface area contributed by atoms with E-state index >= 15 is 0 Å². The molecule has 4 rings (SSSR count). The van der Waals surface area contributed by atoms with Gasteiger partial charge in [-0.05, 0) is 25.8 Å². The number of carbonyl (C=O) groups is 2. The van der Waals surface area contributed by atoms with Gasteiger partial charge >= 0.3 is 6.09 Å². The van der Waals surface area contributed by atoms with Crippen LogP contribution in [0.1, 0.15) is 31.4 Å². The molecule has 12 nitrogen and oxygen atoms in total. The number of pyridine rings is 1. The number of hydrogen-bond donors (Lipinski definition) is 2. The molecule has 3 aromatic rings. The Hall–Kier alpha value is -4.11. The van der Waals surface area contributed by atoms with E-state index in [-0.39, 0.29) is 22.5 Å². The van der Waals surface area contributed by atoms with Gasteiger partial charge in [-0.1, -0.05) is 22.9 Å². The molecule has 1 aliphatic rings. The molecule has 2 N–H and O–H groups in total. The Labute approximate surface area is 192 Å². The van der Waals surface area contributed by atoms with E-state index in [1.54, 1.807) is 26.1 Å². The lowest BCUT2D eigenvalue weighted by Crippen LogP contribution is -2.34. The highest BCUT2D eigenvalue weighted by molar-refractivity contribution is 6.30.